The summed E-state index contributed by atoms with van der Waals surface area (Å²) in [5.74, 6) is -1.80. The van der Waals surface area contributed by atoms with Gasteiger partial charge < -0.3 is 10.1 Å². The molecule has 5 nitrogen and oxygen atoms in total. The molecule has 1 saturated carbocycles. The molecule has 158 valence electrons. The third-order valence-electron chi connectivity index (χ3n) is 5.96. The fourth-order valence-corrected chi connectivity index (χ4v) is 4.46. The minimum Gasteiger partial charge on any atom is -0.379 e. The van der Waals surface area contributed by atoms with Crippen LogP contribution in [-0.2, 0) is 10.9 Å². The summed E-state index contributed by atoms with van der Waals surface area (Å²) in [6.07, 6.45) is 0.586. The lowest BCUT2D eigenvalue weighted by Crippen LogP contribution is -2.58. The van der Waals surface area contributed by atoms with Gasteiger partial charge in [-0.2, -0.15) is 13.2 Å². The first kappa shape index (κ1) is 20.3. The molecule has 29 heavy (non-hydrogen) atoms. The molecule has 1 saturated heterocycles. The number of fused-ring (bicyclic) bond motifs is 1. The second-order valence-electron chi connectivity index (χ2n) is 7.79. The van der Waals surface area contributed by atoms with E-state index < -0.39 is 17.8 Å². The maximum atomic E-state index is 13.6. The van der Waals surface area contributed by atoms with Crippen molar-refractivity contribution in [3.8, 4) is 0 Å². The summed E-state index contributed by atoms with van der Waals surface area (Å²) in [6, 6.07) is 3.65. The van der Waals surface area contributed by atoms with E-state index in [4.69, 9.17) is 4.74 Å². The van der Waals surface area contributed by atoms with Crippen LogP contribution in [0.4, 0.5) is 23.4 Å². The zero-order valence-electron chi connectivity index (χ0n) is 16.1. The molecule has 0 radical (unpaired) electrons. The summed E-state index contributed by atoms with van der Waals surface area (Å²) < 4.78 is 58.9. The van der Waals surface area contributed by atoms with E-state index in [9.17, 15) is 17.6 Å². The molecule has 0 bridgehead atoms. The molecule has 2 aliphatic rings. The average molecular weight is 412 g/mol. The summed E-state index contributed by atoms with van der Waals surface area (Å²) in [5.41, 5.74) is -0.198. The van der Waals surface area contributed by atoms with E-state index in [1.165, 1.54) is 18.6 Å². The molecule has 9 heteroatoms. The van der Waals surface area contributed by atoms with Gasteiger partial charge in [-0.15, -0.1) is 0 Å². The fourth-order valence-electron chi connectivity index (χ4n) is 4.46. The Morgan fingerprint density at radius 1 is 1.07 bits per heavy atom. The number of morpholine rings is 1. The average Bonchev–Trinajstić information content (AvgIpc) is 2.72. The van der Waals surface area contributed by atoms with Crippen molar-refractivity contribution in [1.82, 2.24) is 14.9 Å². The number of hydrogen-bond donors (Lipinski definition) is 1. The Morgan fingerprint density at radius 3 is 2.48 bits per heavy atom. The van der Waals surface area contributed by atoms with Crippen molar-refractivity contribution in [3.05, 3.63) is 29.8 Å². The number of halogens is 4. The molecule has 2 heterocycles. The Bertz CT molecular complexity index is 861. The molecule has 0 spiro atoms. The van der Waals surface area contributed by atoms with E-state index in [1.54, 1.807) is 0 Å². The van der Waals surface area contributed by atoms with Crippen LogP contribution in [-0.4, -0.2) is 53.3 Å². The summed E-state index contributed by atoms with van der Waals surface area (Å²) in [5, 5.41) is 3.55. The normalized spacial score (nSPS) is 20.7. The number of aromatic nitrogens is 2. The third-order valence-corrected chi connectivity index (χ3v) is 5.96. The standard InChI is InChI=1S/C20H24F4N4O/c21-14-4-5-15-16(12-14)26-18(20(22,23)24)27-17(15)25-13-19(6-2-1-3-7-19)28-8-10-29-11-9-28/h4-5,12H,1-3,6-11,13H2,(H,25,26,27). The topological polar surface area (TPSA) is 50.3 Å². The zero-order chi connectivity index (χ0) is 20.5. The van der Waals surface area contributed by atoms with E-state index in [0.29, 0.717) is 25.1 Å². The van der Waals surface area contributed by atoms with Gasteiger partial charge in [0, 0.05) is 36.6 Å². The van der Waals surface area contributed by atoms with Crippen LogP contribution in [0.5, 0.6) is 0 Å². The van der Waals surface area contributed by atoms with Crippen LogP contribution in [0.25, 0.3) is 10.9 Å². The molecule has 4 rings (SSSR count). The van der Waals surface area contributed by atoms with Crippen molar-refractivity contribution in [2.24, 2.45) is 0 Å². The first-order chi connectivity index (χ1) is 13.9. The van der Waals surface area contributed by atoms with Gasteiger partial charge in [-0.05, 0) is 25.0 Å². The van der Waals surface area contributed by atoms with E-state index in [2.05, 4.69) is 20.2 Å². The summed E-state index contributed by atoms with van der Waals surface area (Å²) >= 11 is 0. The first-order valence-electron chi connectivity index (χ1n) is 9.99. The summed E-state index contributed by atoms with van der Waals surface area (Å²) in [6.45, 7) is 3.43. The highest BCUT2D eigenvalue weighted by Gasteiger charge is 2.39. The molecule has 1 aromatic heterocycles. The number of nitrogens with zero attached hydrogens (tertiary/aromatic N) is 3. The van der Waals surface area contributed by atoms with Gasteiger partial charge in [0.05, 0.1) is 18.7 Å². The van der Waals surface area contributed by atoms with Gasteiger partial charge in [-0.25, -0.2) is 14.4 Å². The maximum Gasteiger partial charge on any atom is 0.451 e. The number of nitrogens with one attached hydrogen (secondary N) is 1. The Morgan fingerprint density at radius 2 is 1.79 bits per heavy atom. The smallest absolute Gasteiger partial charge is 0.379 e. The maximum absolute atomic E-state index is 13.6. The lowest BCUT2D eigenvalue weighted by molar-refractivity contribution is -0.144. The van der Waals surface area contributed by atoms with Crippen LogP contribution in [0.2, 0.25) is 0 Å². The second kappa shape index (κ2) is 8.02. The lowest BCUT2D eigenvalue weighted by atomic mass is 9.79. The number of hydrogen-bond acceptors (Lipinski definition) is 5. The van der Waals surface area contributed by atoms with E-state index in [-0.39, 0.29) is 16.9 Å². The summed E-state index contributed by atoms with van der Waals surface area (Å²) in [7, 11) is 0. The zero-order valence-corrected chi connectivity index (χ0v) is 16.1. The van der Waals surface area contributed by atoms with Crippen LogP contribution in [0.1, 0.15) is 37.9 Å². The van der Waals surface area contributed by atoms with Crippen LogP contribution in [0.15, 0.2) is 18.2 Å². The molecule has 2 fully saturated rings. The van der Waals surface area contributed by atoms with E-state index in [1.807, 2.05) is 0 Å². The number of alkyl halides is 3. The number of ether oxygens (including phenoxy) is 1. The van der Waals surface area contributed by atoms with Crippen molar-refractivity contribution in [2.75, 3.05) is 38.2 Å². The molecular formula is C20H24F4N4O. The molecule has 1 aliphatic carbocycles. The Balaban J connectivity index is 1.66. The fraction of sp³-hybridized carbons (Fsp3) is 0.600. The van der Waals surface area contributed by atoms with E-state index >= 15 is 0 Å². The first-order valence-corrected chi connectivity index (χ1v) is 9.99. The Hall–Kier alpha value is -2.00. The van der Waals surface area contributed by atoms with Crippen molar-refractivity contribution >= 4 is 16.7 Å². The predicted molar refractivity (Wildman–Crippen MR) is 101 cm³/mol. The van der Waals surface area contributed by atoms with Crippen molar-refractivity contribution < 1.29 is 22.3 Å². The molecule has 1 aliphatic heterocycles. The molecule has 2 aromatic rings. The highest BCUT2D eigenvalue weighted by Crippen LogP contribution is 2.36. The minimum atomic E-state index is -4.70. The second-order valence-corrected chi connectivity index (χ2v) is 7.79. The third kappa shape index (κ3) is 4.30. The van der Waals surface area contributed by atoms with Crippen LogP contribution in [0.3, 0.4) is 0 Å². The minimum absolute atomic E-state index is 0.0566. The predicted octanol–water partition coefficient (Wildman–Crippen LogP) is 4.23. The van der Waals surface area contributed by atoms with Crippen molar-refractivity contribution in [3.63, 3.8) is 0 Å². The summed E-state index contributed by atoms with van der Waals surface area (Å²) in [4.78, 5) is 9.68. The van der Waals surface area contributed by atoms with Gasteiger partial charge in [-0.1, -0.05) is 19.3 Å². The number of rotatable bonds is 4. The molecule has 1 N–H and O–H groups in total. The van der Waals surface area contributed by atoms with Gasteiger partial charge >= 0.3 is 6.18 Å². The molecule has 0 atom stereocenters. The SMILES string of the molecule is Fc1ccc2c(NCC3(N4CCOCC4)CCCCC3)nc(C(F)(F)F)nc2c1. The largest absolute Gasteiger partial charge is 0.451 e. The number of benzene rings is 1. The number of anilines is 1. The molecule has 0 amide bonds. The van der Waals surface area contributed by atoms with Crippen LogP contribution in [0, 0.1) is 5.82 Å². The molecule has 1 aromatic carbocycles. The van der Waals surface area contributed by atoms with Gasteiger partial charge in [-0.3, -0.25) is 4.90 Å². The van der Waals surface area contributed by atoms with Crippen LogP contribution >= 0.6 is 0 Å². The van der Waals surface area contributed by atoms with Crippen molar-refractivity contribution in [1.29, 1.82) is 0 Å². The van der Waals surface area contributed by atoms with Gasteiger partial charge in [0.25, 0.3) is 0 Å². The van der Waals surface area contributed by atoms with Gasteiger partial charge in [0.15, 0.2) is 0 Å². The van der Waals surface area contributed by atoms with Gasteiger partial charge in [0.2, 0.25) is 5.82 Å². The van der Waals surface area contributed by atoms with Crippen molar-refractivity contribution in [2.45, 2.75) is 43.8 Å². The Labute approximate surface area is 166 Å². The monoisotopic (exact) mass is 412 g/mol. The lowest BCUT2D eigenvalue weighted by Gasteiger charge is -2.48. The quantitative estimate of drug-likeness (QED) is 0.762. The van der Waals surface area contributed by atoms with Crippen LogP contribution < -0.4 is 5.32 Å². The molecule has 0 unspecified atom stereocenters. The highest BCUT2D eigenvalue weighted by molar-refractivity contribution is 5.89. The molecular weight excluding hydrogens is 388 g/mol. The highest BCUT2D eigenvalue weighted by atomic mass is 19.4. The van der Waals surface area contributed by atoms with Gasteiger partial charge in [0.1, 0.15) is 11.6 Å². The Kier molecular flexibility index (Phi) is 5.61. The van der Waals surface area contributed by atoms with E-state index in [0.717, 1.165) is 44.8 Å².